The summed E-state index contributed by atoms with van der Waals surface area (Å²) in [5.74, 6) is 0. The summed E-state index contributed by atoms with van der Waals surface area (Å²) in [4.78, 5) is 0. The number of allylic oxidation sites excluding steroid dienone is 1. The lowest BCUT2D eigenvalue weighted by molar-refractivity contribution is 0.202. The zero-order chi connectivity index (χ0) is 16.4. The van der Waals surface area contributed by atoms with Crippen molar-refractivity contribution in [3.63, 3.8) is 0 Å². The second-order valence-electron chi connectivity index (χ2n) is 6.47. The highest BCUT2D eigenvalue weighted by atomic mass is 28.4. The molecule has 2 heteroatoms. The maximum absolute atomic E-state index is 6.55. The van der Waals surface area contributed by atoms with Crippen LogP contribution in [0, 0.1) is 0 Å². The first-order chi connectivity index (χ1) is 10.5. The molecule has 0 bridgehead atoms. The third-order valence-corrected chi connectivity index (χ3v) is 7.00. The molecule has 0 aromatic heterocycles. The third-order valence-electron chi connectivity index (χ3n) is 4.17. The Morgan fingerprint density at radius 3 is 2.45 bits per heavy atom. The summed E-state index contributed by atoms with van der Waals surface area (Å²) in [6, 6.07) is 10.5. The van der Waals surface area contributed by atoms with Gasteiger partial charge in [0.1, 0.15) is 0 Å². The Kier molecular flexibility index (Phi) is 8.43. The van der Waals surface area contributed by atoms with Crippen molar-refractivity contribution in [2.75, 3.05) is 0 Å². The molecular weight excluding hydrogens is 284 g/mol. The molecular formula is C20H32OSi. The predicted octanol–water partition coefficient (Wildman–Crippen LogP) is 6.59. The van der Waals surface area contributed by atoms with E-state index in [0.29, 0.717) is 0 Å². The van der Waals surface area contributed by atoms with Crippen LogP contribution < -0.4 is 0 Å². The van der Waals surface area contributed by atoms with Gasteiger partial charge in [-0.1, -0.05) is 67.8 Å². The molecule has 0 aliphatic rings. The predicted molar refractivity (Wildman–Crippen MR) is 100 cm³/mol. The van der Waals surface area contributed by atoms with Crippen molar-refractivity contribution in [3.8, 4) is 0 Å². The van der Waals surface area contributed by atoms with Crippen molar-refractivity contribution in [1.82, 2.24) is 0 Å². The van der Waals surface area contributed by atoms with E-state index >= 15 is 0 Å². The van der Waals surface area contributed by atoms with Crippen LogP contribution >= 0.6 is 0 Å². The molecule has 0 saturated carbocycles. The smallest absolute Gasteiger partial charge is 0.214 e. The number of rotatable bonds is 11. The van der Waals surface area contributed by atoms with Gasteiger partial charge in [0.05, 0.1) is 6.10 Å². The minimum atomic E-state index is -1.89. The number of benzene rings is 1. The zero-order valence-corrected chi connectivity index (χ0v) is 15.6. The van der Waals surface area contributed by atoms with Gasteiger partial charge in [-0.15, -0.1) is 13.2 Å². The molecule has 22 heavy (non-hydrogen) atoms. The second-order valence-corrected chi connectivity index (χ2v) is 10.4. The zero-order valence-electron chi connectivity index (χ0n) is 14.6. The van der Waals surface area contributed by atoms with E-state index < -0.39 is 8.32 Å². The first kappa shape index (κ1) is 18.9. The van der Waals surface area contributed by atoms with Crippen molar-refractivity contribution in [1.29, 1.82) is 0 Å². The Labute approximate surface area is 138 Å². The fourth-order valence-corrected chi connectivity index (χ4v) is 4.47. The highest BCUT2D eigenvalue weighted by molar-refractivity contribution is 6.78. The molecule has 1 aromatic carbocycles. The summed E-state index contributed by atoms with van der Waals surface area (Å²) in [6.45, 7) is 15.0. The van der Waals surface area contributed by atoms with Crippen LogP contribution in [0.15, 0.2) is 54.8 Å². The highest BCUT2D eigenvalue weighted by Crippen LogP contribution is 2.30. The van der Waals surface area contributed by atoms with Gasteiger partial charge in [-0.25, -0.2) is 0 Å². The molecule has 0 heterocycles. The number of unbranched alkanes of at least 4 members (excludes halogenated alkanes) is 3. The van der Waals surface area contributed by atoms with Gasteiger partial charge in [-0.2, -0.15) is 0 Å². The maximum Gasteiger partial charge on any atom is 0.214 e. The maximum atomic E-state index is 6.55. The Morgan fingerprint density at radius 1 is 1.18 bits per heavy atom. The average Bonchev–Trinajstić information content (AvgIpc) is 2.51. The van der Waals surface area contributed by atoms with Crippen LogP contribution in [-0.4, -0.2) is 8.32 Å². The van der Waals surface area contributed by atoms with Crippen molar-refractivity contribution >= 4 is 8.32 Å². The van der Waals surface area contributed by atoms with Crippen LogP contribution in [0.2, 0.25) is 13.1 Å². The van der Waals surface area contributed by atoms with Gasteiger partial charge in [0.15, 0.2) is 0 Å². The summed E-state index contributed by atoms with van der Waals surface area (Å²) < 4.78 is 6.55. The molecule has 1 nitrogen and oxygen atoms in total. The molecule has 0 amide bonds. The Hall–Kier alpha value is -1.12. The molecule has 0 aliphatic heterocycles. The molecule has 1 unspecified atom stereocenters. The van der Waals surface area contributed by atoms with Crippen LogP contribution in [0.25, 0.3) is 0 Å². The van der Waals surface area contributed by atoms with Crippen molar-refractivity contribution in [3.05, 3.63) is 60.3 Å². The lowest BCUT2D eigenvalue weighted by Crippen LogP contribution is -2.35. The van der Waals surface area contributed by atoms with Gasteiger partial charge >= 0.3 is 0 Å². The van der Waals surface area contributed by atoms with Gasteiger partial charge in [0.25, 0.3) is 0 Å². The third kappa shape index (κ3) is 6.33. The summed E-state index contributed by atoms with van der Waals surface area (Å²) in [6.07, 6.45) is 9.15. The van der Waals surface area contributed by atoms with Crippen molar-refractivity contribution in [2.24, 2.45) is 0 Å². The van der Waals surface area contributed by atoms with Gasteiger partial charge < -0.3 is 4.43 Å². The van der Waals surface area contributed by atoms with E-state index in [1.165, 1.54) is 36.4 Å². The summed E-state index contributed by atoms with van der Waals surface area (Å²) in [5, 5.41) is 1.33. The molecule has 0 N–H and O–H groups in total. The minimum absolute atomic E-state index is 0.104. The average molecular weight is 317 g/mol. The molecule has 1 atom stereocenters. The SMILES string of the molecule is C=CCC(O[Si](C)(C)C(=C)CCCCCC)c1ccccc1. The summed E-state index contributed by atoms with van der Waals surface area (Å²) in [7, 11) is -1.89. The normalized spacial score (nSPS) is 12.9. The van der Waals surface area contributed by atoms with Gasteiger partial charge in [-0.3, -0.25) is 0 Å². The molecule has 0 fully saturated rings. The summed E-state index contributed by atoms with van der Waals surface area (Å²) >= 11 is 0. The van der Waals surface area contributed by atoms with E-state index in [9.17, 15) is 0 Å². The van der Waals surface area contributed by atoms with E-state index in [2.05, 4.69) is 57.4 Å². The molecule has 0 saturated heterocycles. The lowest BCUT2D eigenvalue weighted by Gasteiger charge is -2.31. The van der Waals surface area contributed by atoms with Crippen LogP contribution in [0.5, 0.6) is 0 Å². The van der Waals surface area contributed by atoms with E-state index in [0.717, 1.165) is 12.8 Å². The number of hydrogen-bond donors (Lipinski definition) is 0. The van der Waals surface area contributed by atoms with Crippen LogP contribution in [0.4, 0.5) is 0 Å². The van der Waals surface area contributed by atoms with Crippen LogP contribution in [0.3, 0.4) is 0 Å². The van der Waals surface area contributed by atoms with Gasteiger partial charge in [0, 0.05) is 0 Å². The topological polar surface area (TPSA) is 9.23 Å². The number of hydrogen-bond acceptors (Lipinski definition) is 1. The fraction of sp³-hybridized carbons (Fsp3) is 0.500. The molecule has 0 spiro atoms. The second kappa shape index (κ2) is 9.81. The Bertz CT molecular complexity index is 450. The van der Waals surface area contributed by atoms with E-state index in [4.69, 9.17) is 4.43 Å². The monoisotopic (exact) mass is 316 g/mol. The molecule has 0 aliphatic carbocycles. The molecule has 122 valence electrons. The van der Waals surface area contributed by atoms with E-state index in [1.807, 2.05) is 12.1 Å². The quantitative estimate of drug-likeness (QED) is 0.254. The first-order valence-corrected chi connectivity index (χ1v) is 11.4. The Balaban J connectivity index is 2.65. The van der Waals surface area contributed by atoms with Crippen molar-refractivity contribution < 1.29 is 4.43 Å². The molecule has 0 radical (unpaired) electrons. The van der Waals surface area contributed by atoms with Crippen LogP contribution in [0.1, 0.15) is 57.1 Å². The lowest BCUT2D eigenvalue weighted by atomic mass is 10.1. The fourth-order valence-electron chi connectivity index (χ4n) is 2.58. The summed E-state index contributed by atoms with van der Waals surface area (Å²) in [5.41, 5.74) is 1.24. The molecule has 1 rings (SSSR count). The van der Waals surface area contributed by atoms with Gasteiger partial charge in [-0.05, 0) is 37.9 Å². The Morgan fingerprint density at radius 2 is 1.86 bits per heavy atom. The highest BCUT2D eigenvalue weighted by Gasteiger charge is 2.29. The van der Waals surface area contributed by atoms with E-state index in [1.54, 1.807) is 0 Å². The largest absolute Gasteiger partial charge is 0.406 e. The molecule has 1 aromatic rings. The van der Waals surface area contributed by atoms with E-state index in [-0.39, 0.29) is 6.10 Å². The van der Waals surface area contributed by atoms with Crippen LogP contribution in [-0.2, 0) is 4.43 Å². The standard InChI is InChI=1S/C20H32OSi/c1-6-8-9-11-15-18(3)22(4,5)21-20(14-7-2)19-16-12-10-13-17-19/h7,10,12-13,16-17,20H,2-3,6,8-9,11,14-15H2,1,4-5H3. The first-order valence-electron chi connectivity index (χ1n) is 8.53. The minimum Gasteiger partial charge on any atom is -0.406 e. The van der Waals surface area contributed by atoms with Crippen molar-refractivity contribution in [2.45, 2.75) is 64.6 Å². The van der Waals surface area contributed by atoms with Gasteiger partial charge in [0.2, 0.25) is 8.32 Å².